The number of carbonyl (C=O) groups excluding carboxylic acids is 1. The normalized spacial score (nSPS) is 10.7. The Kier molecular flexibility index (Phi) is 8.62. The second-order valence-electron chi connectivity index (χ2n) is 5.76. The Labute approximate surface area is 170 Å². The third-order valence-corrected chi connectivity index (χ3v) is 3.90. The van der Waals surface area contributed by atoms with E-state index in [1.165, 1.54) is 6.21 Å². The molecule has 6 nitrogen and oxygen atoms in total. The molecule has 7 heteroatoms. The molecule has 0 unspecified atom stereocenters. The molecule has 0 saturated carbocycles. The average molecular weight is 405 g/mol. The van der Waals surface area contributed by atoms with Gasteiger partial charge in [-0.2, -0.15) is 5.10 Å². The van der Waals surface area contributed by atoms with Crippen molar-refractivity contribution in [3.8, 4) is 17.2 Å². The average Bonchev–Trinajstić information content (AvgIpc) is 2.69. The molecule has 1 N–H and O–H groups in total. The van der Waals surface area contributed by atoms with E-state index in [4.69, 9.17) is 25.8 Å². The largest absolute Gasteiger partial charge is 0.492 e. The fourth-order valence-electron chi connectivity index (χ4n) is 2.35. The van der Waals surface area contributed by atoms with E-state index in [0.29, 0.717) is 47.7 Å². The van der Waals surface area contributed by atoms with Gasteiger partial charge in [-0.15, -0.1) is 0 Å². The van der Waals surface area contributed by atoms with Gasteiger partial charge in [0.15, 0.2) is 11.5 Å². The van der Waals surface area contributed by atoms with Gasteiger partial charge in [0.05, 0.1) is 31.1 Å². The highest BCUT2D eigenvalue weighted by Crippen LogP contribution is 2.29. The summed E-state index contributed by atoms with van der Waals surface area (Å²) in [7, 11) is 0. The van der Waals surface area contributed by atoms with Crippen LogP contribution in [0.25, 0.3) is 0 Å². The maximum atomic E-state index is 12.4. The molecule has 0 aromatic heterocycles. The predicted octanol–water partition coefficient (Wildman–Crippen LogP) is 4.69. The maximum Gasteiger partial charge on any atom is 0.271 e. The Balaban J connectivity index is 2.04. The summed E-state index contributed by atoms with van der Waals surface area (Å²) in [5.74, 6) is 1.41. The SMILES string of the molecule is CCCOc1ccc(C(=O)N/N=C/c2ccc(OCC)c(Cl)c2)cc1OCC. The van der Waals surface area contributed by atoms with Crippen molar-refractivity contribution < 1.29 is 19.0 Å². The standard InChI is InChI=1S/C21H25ClN2O4/c1-4-11-28-19-10-8-16(13-20(19)27-6-3)21(25)24-23-14-15-7-9-18(26-5-2)17(22)12-15/h7-10,12-14H,4-6,11H2,1-3H3,(H,24,25)/b23-14+. The number of hydrazone groups is 1. The third-order valence-electron chi connectivity index (χ3n) is 3.60. The van der Waals surface area contributed by atoms with Gasteiger partial charge < -0.3 is 14.2 Å². The first-order valence-corrected chi connectivity index (χ1v) is 9.62. The molecule has 0 atom stereocenters. The third kappa shape index (κ3) is 6.16. The number of halogens is 1. The number of benzene rings is 2. The Morgan fingerprint density at radius 1 is 1.00 bits per heavy atom. The molecule has 2 aromatic rings. The van der Waals surface area contributed by atoms with E-state index in [2.05, 4.69) is 10.5 Å². The lowest BCUT2D eigenvalue weighted by atomic mass is 10.2. The summed E-state index contributed by atoms with van der Waals surface area (Å²) in [4.78, 5) is 12.4. The van der Waals surface area contributed by atoms with E-state index >= 15 is 0 Å². The summed E-state index contributed by atoms with van der Waals surface area (Å²) >= 11 is 6.14. The molecule has 0 heterocycles. The highest BCUT2D eigenvalue weighted by Gasteiger charge is 2.11. The summed E-state index contributed by atoms with van der Waals surface area (Å²) in [6, 6.07) is 10.3. The molecule has 0 aliphatic rings. The molecule has 0 aliphatic heterocycles. The fourth-order valence-corrected chi connectivity index (χ4v) is 2.59. The second kappa shape index (κ2) is 11.2. The number of carbonyl (C=O) groups is 1. The van der Waals surface area contributed by atoms with Crippen molar-refractivity contribution in [2.75, 3.05) is 19.8 Å². The van der Waals surface area contributed by atoms with Crippen LogP contribution < -0.4 is 19.6 Å². The summed E-state index contributed by atoms with van der Waals surface area (Å²) < 4.78 is 16.6. The molecule has 0 spiro atoms. The van der Waals surface area contributed by atoms with E-state index in [1.807, 2.05) is 20.8 Å². The smallest absolute Gasteiger partial charge is 0.271 e. The minimum atomic E-state index is -0.351. The van der Waals surface area contributed by atoms with E-state index in [-0.39, 0.29) is 5.91 Å². The monoisotopic (exact) mass is 404 g/mol. The van der Waals surface area contributed by atoms with Crippen molar-refractivity contribution in [1.29, 1.82) is 0 Å². The van der Waals surface area contributed by atoms with Gasteiger partial charge in [0.1, 0.15) is 5.75 Å². The highest BCUT2D eigenvalue weighted by atomic mass is 35.5. The number of amides is 1. The Hall–Kier alpha value is -2.73. The molecule has 2 rings (SSSR count). The number of rotatable bonds is 10. The summed E-state index contributed by atoms with van der Waals surface area (Å²) in [5.41, 5.74) is 3.67. The maximum absolute atomic E-state index is 12.4. The van der Waals surface area contributed by atoms with Gasteiger partial charge in [0, 0.05) is 5.56 Å². The summed E-state index contributed by atoms with van der Waals surface area (Å²) in [6.45, 7) is 7.39. The van der Waals surface area contributed by atoms with Crippen LogP contribution in [0.1, 0.15) is 43.1 Å². The first-order valence-electron chi connectivity index (χ1n) is 9.24. The molecule has 0 fully saturated rings. The Morgan fingerprint density at radius 2 is 1.71 bits per heavy atom. The van der Waals surface area contributed by atoms with Crippen molar-refractivity contribution in [3.05, 3.63) is 52.5 Å². The van der Waals surface area contributed by atoms with E-state index in [0.717, 1.165) is 12.0 Å². The molecule has 150 valence electrons. The Morgan fingerprint density at radius 3 is 2.39 bits per heavy atom. The van der Waals surface area contributed by atoms with Crippen molar-refractivity contribution in [2.24, 2.45) is 5.10 Å². The number of ether oxygens (including phenoxy) is 3. The van der Waals surface area contributed by atoms with Gasteiger partial charge >= 0.3 is 0 Å². The second-order valence-corrected chi connectivity index (χ2v) is 6.17. The van der Waals surface area contributed by atoms with Crippen LogP contribution in [0, 0.1) is 0 Å². The van der Waals surface area contributed by atoms with Crippen LogP contribution in [0.15, 0.2) is 41.5 Å². The molecule has 2 aromatic carbocycles. The van der Waals surface area contributed by atoms with Gasteiger partial charge in [-0.3, -0.25) is 4.79 Å². The minimum Gasteiger partial charge on any atom is -0.492 e. The molecule has 1 amide bonds. The van der Waals surface area contributed by atoms with Crippen LogP contribution in [0.5, 0.6) is 17.2 Å². The van der Waals surface area contributed by atoms with Crippen molar-refractivity contribution >= 4 is 23.7 Å². The molecule has 0 aliphatic carbocycles. The van der Waals surface area contributed by atoms with Gasteiger partial charge in [-0.25, -0.2) is 5.43 Å². The fraction of sp³-hybridized carbons (Fsp3) is 0.333. The van der Waals surface area contributed by atoms with Gasteiger partial charge in [0.2, 0.25) is 0 Å². The first kappa shape index (κ1) is 21.6. The Bertz CT molecular complexity index is 824. The molecule has 0 bridgehead atoms. The highest BCUT2D eigenvalue weighted by molar-refractivity contribution is 6.32. The quantitative estimate of drug-likeness (QED) is 0.460. The zero-order valence-electron chi connectivity index (χ0n) is 16.3. The number of hydrogen-bond donors (Lipinski definition) is 1. The minimum absolute atomic E-state index is 0.351. The van der Waals surface area contributed by atoms with E-state index in [9.17, 15) is 4.79 Å². The van der Waals surface area contributed by atoms with Crippen LogP contribution in [0.3, 0.4) is 0 Å². The van der Waals surface area contributed by atoms with Gasteiger partial charge in [0.25, 0.3) is 5.91 Å². The first-order chi connectivity index (χ1) is 13.6. The van der Waals surface area contributed by atoms with Crippen molar-refractivity contribution in [2.45, 2.75) is 27.2 Å². The van der Waals surface area contributed by atoms with Crippen LogP contribution in [-0.2, 0) is 0 Å². The molecule has 0 radical (unpaired) electrons. The number of hydrogen-bond acceptors (Lipinski definition) is 5. The van der Waals surface area contributed by atoms with Gasteiger partial charge in [-0.1, -0.05) is 18.5 Å². The van der Waals surface area contributed by atoms with E-state index in [1.54, 1.807) is 36.4 Å². The molecular formula is C21H25ClN2O4. The lowest BCUT2D eigenvalue weighted by molar-refractivity contribution is 0.0954. The number of nitrogens with one attached hydrogen (secondary N) is 1. The summed E-state index contributed by atoms with van der Waals surface area (Å²) in [6.07, 6.45) is 2.40. The van der Waals surface area contributed by atoms with Gasteiger partial charge in [-0.05, 0) is 62.2 Å². The summed E-state index contributed by atoms with van der Waals surface area (Å²) in [5, 5.41) is 4.47. The van der Waals surface area contributed by atoms with Crippen molar-refractivity contribution in [1.82, 2.24) is 5.43 Å². The van der Waals surface area contributed by atoms with Crippen LogP contribution >= 0.6 is 11.6 Å². The van der Waals surface area contributed by atoms with Crippen LogP contribution in [0.2, 0.25) is 5.02 Å². The molecule has 28 heavy (non-hydrogen) atoms. The van der Waals surface area contributed by atoms with E-state index < -0.39 is 0 Å². The topological polar surface area (TPSA) is 69.2 Å². The van der Waals surface area contributed by atoms with Crippen LogP contribution in [0.4, 0.5) is 0 Å². The number of nitrogens with zero attached hydrogens (tertiary/aromatic N) is 1. The lowest BCUT2D eigenvalue weighted by Gasteiger charge is -2.12. The lowest BCUT2D eigenvalue weighted by Crippen LogP contribution is -2.17. The van der Waals surface area contributed by atoms with Crippen LogP contribution in [-0.4, -0.2) is 31.9 Å². The predicted molar refractivity (Wildman–Crippen MR) is 111 cm³/mol. The zero-order chi connectivity index (χ0) is 20.4. The molecular weight excluding hydrogens is 380 g/mol. The zero-order valence-corrected chi connectivity index (χ0v) is 17.1. The molecule has 0 saturated heterocycles. The van der Waals surface area contributed by atoms with Crippen molar-refractivity contribution in [3.63, 3.8) is 0 Å².